The molecule has 1 saturated heterocycles. The summed E-state index contributed by atoms with van der Waals surface area (Å²) in [6, 6.07) is 0. The largest absolute Gasteiger partial charge is 0.612 e. The van der Waals surface area contributed by atoms with Crippen LogP contribution in [0.3, 0.4) is 0 Å². The van der Waals surface area contributed by atoms with Gasteiger partial charge in [0.1, 0.15) is 6.54 Å². The average Bonchev–Trinajstić information content (AvgIpc) is 1.86. The SMILES string of the molecule is [O-][NH+]1CCNN1. The van der Waals surface area contributed by atoms with E-state index in [9.17, 15) is 5.21 Å². The lowest BCUT2D eigenvalue weighted by Crippen LogP contribution is -3.12. The first kappa shape index (κ1) is 4.01. The van der Waals surface area contributed by atoms with Crippen LogP contribution in [0.5, 0.6) is 0 Å². The zero-order chi connectivity index (χ0) is 4.41. The second kappa shape index (κ2) is 1.53. The Bertz CT molecular complexity index is 42.1. The van der Waals surface area contributed by atoms with E-state index in [0.717, 1.165) is 6.54 Å². The second-order valence-corrected chi connectivity index (χ2v) is 1.22. The van der Waals surface area contributed by atoms with Crippen molar-refractivity contribution in [3.05, 3.63) is 5.21 Å². The Kier molecular flexibility index (Phi) is 1.02. The van der Waals surface area contributed by atoms with Crippen LogP contribution >= 0.6 is 0 Å². The van der Waals surface area contributed by atoms with Crippen LogP contribution in [-0.4, -0.2) is 13.1 Å². The van der Waals surface area contributed by atoms with Crippen LogP contribution in [0.2, 0.25) is 0 Å². The molecule has 6 heavy (non-hydrogen) atoms. The van der Waals surface area contributed by atoms with E-state index in [1.54, 1.807) is 0 Å². The molecule has 4 nitrogen and oxygen atoms in total. The zero-order valence-electron chi connectivity index (χ0n) is 3.32. The first-order valence-electron chi connectivity index (χ1n) is 1.91. The minimum Gasteiger partial charge on any atom is -0.612 e. The van der Waals surface area contributed by atoms with Gasteiger partial charge in [0.25, 0.3) is 0 Å². The number of hydrogen-bond donors (Lipinski definition) is 3. The van der Waals surface area contributed by atoms with Crippen molar-refractivity contribution in [1.82, 2.24) is 11.0 Å². The molecule has 0 aromatic carbocycles. The summed E-state index contributed by atoms with van der Waals surface area (Å²) >= 11 is 0. The molecule has 1 aliphatic heterocycles. The summed E-state index contributed by atoms with van der Waals surface area (Å²) in [5.41, 5.74) is 5.10. The van der Waals surface area contributed by atoms with Gasteiger partial charge in [0.2, 0.25) is 0 Å². The van der Waals surface area contributed by atoms with E-state index in [2.05, 4.69) is 11.0 Å². The molecule has 0 spiro atoms. The first-order chi connectivity index (χ1) is 2.89. The molecule has 0 bridgehead atoms. The van der Waals surface area contributed by atoms with Gasteiger partial charge >= 0.3 is 0 Å². The molecule has 0 aliphatic carbocycles. The summed E-state index contributed by atoms with van der Waals surface area (Å²) < 4.78 is 0. The van der Waals surface area contributed by atoms with Crippen LogP contribution in [0.15, 0.2) is 0 Å². The van der Waals surface area contributed by atoms with E-state index < -0.39 is 0 Å². The monoisotopic (exact) mass is 89.1 g/mol. The summed E-state index contributed by atoms with van der Waals surface area (Å²) in [6.45, 7) is 1.40. The second-order valence-electron chi connectivity index (χ2n) is 1.22. The lowest BCUT2D eigenvalue weighted by Gasteiger charge is -2.10. The summed E-state index contributed by atoms with van der Waals surface area (Å²) in [5.74, 6) is 0. The molecule has 1 fully saturated rings. The fraction of sp³-hybridized carbons (Fsp3) is 1.00. The minimum absolute atomic E-state index is 0.0926. The van der Waals surface area contributed by atoms with Gasteiger partial charge in [0, 0.05) is 0 Å². The molecule has 3 N–H and O–H groups in total. The van der Waals surface area contributed by atoms with Crippen molar-refractivity contribution in [3.8, 4) is 0 Å². The van der Waals surface area contributed by atoms with Crippen molar-refractivity contribution in [2.24, 2.45) is 0 Å². The maximum absolute atomic E-state index is 10.1. The highest BCUT2D eigenvalue weighted by Gasteiger charge is 2.01. The van der Waals surface area contributed by atoms with Crippen LogP contribution in [-0.2, 0) is 0 Å². The normalized spacial score (nSPS) is 34.5. The van der Waals surface area contributed by atoms with Crippen molar-refractivity contribution in [2.75, 3.05) is 13.1 Å². The Morgan fingerprint density at radius 3 is 2.67 bits per heavy atom. The van der Waals surface area contributed by atoms with E-state index in [1.807, 2.05) is 0 Å². The van der Waals surface area contributed by atoms with Gasteiger partial charge in [-0.05, 0) is 0 Å². The Balaban J connectivity index is 2.18. The third-order valence-electron chi connectivity index (χ3n) is 0.705. The van der Waals surface area contributed by atoms with E-state index in [4.69, 9.17) is 0 Å². The third kappa shape index (κ3) is 0.662. The average molecular weight is 89.1 g/mol. The summed E-state index contributed by atoms with van der Waals surface area (Å²) in [4.78, 5) is 0. The van der Waals surface area contributed by atoms with Crippen molar-refractivity contribution in [2.45, 2.75) is 0 Å². The fourth-order valence-electron chi connectivity index (χ4n) is 0.400. The first-order valence-corrected chi connectivity index (χ1v) is 1.91. The van der Waals surface area contributed by atoms with Crippen LogP contribution in [0.1, 0.15) is 0 Å². The van der Waals surface area contributed by atoms with E-state index >= 15 is 0 Å². The van der Waals surface area contributed by atoms with Gasteiger partial charge in [-0.25, -0.2) is 5.43 Å². The molecule has 0 aromatic rings. The van der Waals surface area contributed by atoms with Gasteiger partial charge < -0.3 is 5.21 Å². The lowest BCUT2D eigenvalue weighted by molar-refractivity contribution is -0.884. The number of rotatable bonds is 0. The molecule has 1 aliphatic rings. The van der Waals surface area contributed by atoms with Gasteiger partial charge in [0.15, 0.2) is 0 Å². The van der Waals surface area contributed by atoms with Gasteiger partial charge in [-0.2, -0.15) is 0 Å². The Morgan fingerprint density at radius 2 is 2.50 bits per heavy atom. The minimum atomic E-state index is 0.0926. The lowest BCUT2D eigenvalue weighted by atomic mass is 10.7. The molecule has 0 aromatic heterocycles. The van der Waals surface area contributed by atoms with Crippen LogP contribution in [0.25, 0.3) is 0 Å². The molecule has 1 atom stereocenters. The molecule has 36 valence electrons. The smallest absolute Gasteiger partial charge is 0.110 e. The van der Waals surface area contributed by atoms with Crippen LogP contribution < -0.4 is 16.1 Å². The molecule has 1 rings (SSSR count). The summed E-state index contributed by atoms with van der Waals surface area (Å²) in [6.07, 6.45) is 0. The number of quaternary nitrogens is 1. The van der Waals surface area contributed by atoms with Gasteiger partial charge in [-0.3, -0.25) is 5.17 Å². The van der Waals surface area contributed by atoms with E-state index in [0.29, 0.717) is 6.54 Å². The number of hydrazine groups is 1. The van der Waals surface area contributed by atoms with Crippen molar-refractivity contribution >= 4 is 0 Å². The molecule has 0 amide bonds. The number of nitrogens with one attached hydrogen (secondary N) is 3. The molecule has 1 unspecified atom stereocenters. The van der Waals surface area contributed by atoms with Crippen molar-refractivity contribution in [3.63, 3.8) is 0 Å². The summed E-state index contributed by atoms with van der Waals surface area (Å²) in [5, 5.41) is 10.2. The van der Waals surface area contributed by atoms with E-state index in [1.165, 1.54) is 0 Å². The fourth-order valence-corrected chi connectivity index (χ4v) is 0.400. The molecule has 4 heteroatoms. The highest BCUT2D eigenvalue weighted by molar-refractivity contribution is 4.35. The maximum atomic E-state index is 10.1. The summed E-state index contributed by atoms with van der Waals surface area (Å²) in [7, 11) is 0. The third-order valence-corrected chi connectivity index (χ3v) is 0.705. The van der Waals surface area contributed by atoms with Gasteiger partial charge in [0.05, 0.1) is 6.54 Å². The number of hydrogen-bond acceptors (Lipinski definition) is 3. The molecule has 1 heterocycles. The topological polar surface area (TPSA) is 51.6 Å². The van der Waals surface area contributed by atoms with Crippen LogP contribution in [0.4, 0.5) is 0 Å². The standard InChI is InChI=1S/C2H7N3O/c6-5-2-1-3-4-5/h3-5H,1-2H2. The van der Waals surface area contributed by atoms with Crippen LogP contribution in [0, 0.1) is 5.21 Å². The maximum Gasteiger partial charge on any atom is 0.110 e. The zero-order valence-corrected chi connectivity index (χ0v) is 3.32. The Labute approximate surface area is 35.6 Å². The van der Waals surface area contributed by atoms with Gasteiger partial charge in [-0.15, -0.1) is 5.53 Å². The van der Waals surface area contributed by atoms with Crippen molar-refractivity contribution < 1.29 is 5.17 Å². The predicted molar refractivity (Wildman–Crippen MR) is 20.3 cm³/mol. The van der Waals surface area contributed by atoms with E-state index in [-0.39, 0.29) is 5.17 Å². The Morgan fingerprint density at radius 1 is 1.67 bits per heavy atom. The highest BCUT2D eigenvalue weighted by atomic mass is 16.6. The quantitative estimate of drug-likeness (QED) is 0.285. The van der Waals surface area contributed by atoms with Gasteiger partial charge in [-0.1, -0.05) is 0 Å². The van der Waals surface area contributed by atoms with Crippen molar-refractivity contribution in [1.29, 1.82) is 0 Å². The highest BCUT2D eigenvalue weighted by Crippen LogP contribution is 1.47. The molecule has 0 radical (unpaired) electrons. The molecule has 0 saturated carbocycles. The molecular formula is C2H7N3O. The predicted octanol–water partition coefficient (Wildman–Crippen LogP) is -2.61. The molecular weight excluding hydrogens is 82.0 g/mol. The number of hydroxylamine groups is 1. The Hall–Kier alpha value is -0.160.